The first-order valence-corrected chi connectivity index (χ1v) is 7.12. The standard InChI is InChI=1S/C14H12N2O4S/c1-14(2)6-10(17)16(12(14)20)13-15-8-4-3-7(11(18)19)5-9(8)21-13/h3-5H,6H2,1-2H3,(H,18,19). The molecule has 0 radical (unpaired) electrons. The number of aromatic nitrogens is 1. The minimum atomic E-state index is -1.03. The van der Waals surface area contributed by atoms with Crippen LogP contribution in [0.2, 0.25) is 0 Å². The highest BCUT2D eigenvalue weighted by molar-refractivity contribution is 7.22. The lowest BCUT2D eigenvalue weighted by Gasteiger charge is -2.14. The van der Waals surface area contributed by atoms with Crippen molar-refractivity contribution in [1.29, 1.82) is 0 Å². The zero-order chi connectivity index (χ0) is 15.4. The van der Waals surface area contributed by atoms with Crippen LogP contribution in [0.5, 0.6) is 0 Å². The van der Waals surface area contributed by atoms with E-state index in [-0.39, 0.29) is 23.8 Å². The monoisotopic (exact) mass is 304 g/mol. The summed E-state index contributed by atoms with van der Waals surface area (Å²) in [5.74, 6) is -1.58. The van der Waals surface area contributed by atoms with Crippen molar-refractivity contribution in [3.05, 3.63) is 23.8 Å². The molecule has 2 heterocycles. The summed E-state index contributed by atoms with van der Waals surface area (Å²) in [6.07, 6.45) is 0.155. The SMILES string of the molecule is CC1(C)CC(=O)N(c2nc3ccc(C(=O)O)cc3s2)C1=O. The van der Waals surface area contributed by atoms with Crippen molar-refractivity contribution in [3.8, 4) is 0 Å². The smallest absolute Gasteiger partial charge is 0.335 e. The normalized spacial score (nSPS) is 17.7. The lowest BCUT2D eigenvalue weighted by atomic mass is 9.92. The minimum absolute atomic E-state index is 0.150. The number of aromatic carboxylic acids is 1. The second-order valence-electron chi connectivity index (χ2n) is 5.58. The van der Waals surface area contributed by atoms with Gasteiger partial charge < -0.3 is 5.11 Å². The van der Waals surface area contributed by atoms with Crippen molar-refractivity contribution in [3.63, 3.8) is 0 Å². The zero-order valence-corrected chi connectivity index (χ0v) is 12.2. The molecule has 1 N–H and O–H groups in total. The van der Waals surface area contributed by atoms with E-state index in [1.807, 2.05) is 0 Å². The molecule has 3 rings (SSSR count). The maximum Gasteiger partial charge on any atom is 0.335 e. The van der Waals surface area contributed by atoms with Gasteiger partial charge in [-0.05, 0) is 18.2 Å². The highest BCUT2D eigenvalue weighted by Crippen LogP contribution is 2.38. The third-order valence-corrected chi connectivity index (χ3v) is 4.44. The molecule has 1 aromatic carbocycles. The van der Waals surface area contributed by atoms with Gasteiger partial charge in [-0.1, -0.05) is 25.2 Å². The fraction of sp³-hybridized carbons (Fsp3) is 0.286. The second kappa shape index (κ2) is 4.36. The van der Waals surface area contributed by atoms with Gasteiger partial charge in [-0.15, -0.1) is 0 Å². The number of carboxylic acid groups (broad SMARTS) is 1. The van der Waals surface area contributed by atoms with E-state index in [4.69, 9.17) is 5.11 Å². The van der Waals surface area contributed by atoms with Crippen LogP contribution in [0.25, 0.3) is 10.2 Å². The average molecular weight is 304 g/mol. The molecule has 1 aromatic heterocycles. The number of thiazole rings is 1. The van der Waals surface area contributed by atoms with Gasteiger partial charge in [0.2, 0.25) is 11.8 Å². The summed E-state index contributed by atoms with van der Waals surface area (Å²) in [7, 11) is 0. The van der Waals surface area contributed by atoms with Gasteiger partial charge in [-0.2, -0.15) is 0 Å². The number of rotatable bonds is 2. The first-order valence-electron chi connectivity index (χ1n) is 6.31. The summed E-state index contributed by atoms with van der Waals surface area (Å²) >= 11 is 1.14. The van der Waals surface area contributed by atoms with Gasteiger partial charge >= 0.3 is 5.97 Å². The Balaban J connectivity index is 2.08. The molecular formula is C14H12N2O4S. The van der Waals surface area contributed by atoms with E-state index < -0.39 is 11.4 Å². The molecule has 7 heteroatoms. The predicted molar refractivity (Wildman–Crippen MR) is 77.5 cm³/mol. The number of amides is 2. The van der Waals surface area contributed by atoms with E-state index >= 15 is 0 Å². The van der Waals surface area contributed by atoms with Crippen LogP contribution in [0.3, 0.4) is 0 Å². The van der Waals surface area contributed by atoms with Crippen LogP contribution in [0.1, 0.15) is 30.6 Å². The third-order valence-electron chi connectivity index (χ3n) is 3.44. The fourth-order valence-corrected chi connectivity index (χ4v) is 3.30. The number of benzene rings is 1. The molecule has 1 aliphatic heterocycles. The van der Waals surface area contributed by atoms with Gasteiger partial charge in [-0.3, -0.25) is 9.59 Å². The first kappa shape index (κ1) is 13.7. The fourth-order valence-electron chi connectivity index (χ4n) is 2.28. The van der Waals surface area contributed by atoms with Crippen molar-refractivity contribution in [2.75, 3.05) is 4.90 Å². The summed E-state index contributed by atoms with van der Waals surface area (Å²) in [6, 6.07) is 4.52. The Kier molecular flexibility index (Phi) is 2.84. The van der Waals surface area contributed by atoms with E-state index in [0.29, 0.717) is 15.3 Å². The number of fused-ring (bicyclic) bond motifs is 1. The highest BCUT2D eigenvalue weighted by Gasteiger charge is 2.46. The maximum absolute atomic E-state index is 12.3. The maximum atomic E-state index is 12.3. The van der Waals surface area contributed by atoms with E-state index in [9.17, 15) is 14.4 Å². The zero-order valence-electron chi connectivity index (χ0n) is 11.4. The number of anilines is 1. The average Bonchev–Trinajstić information content (AvgIpc) is 2.87. The lowest BCUT2D eigenvalue weighted by molar-refractivity contribution is -0.124. The Labute approximate surface area is 124 Å². The molecule has 0 aliphatic carbocycles. The third kappa shape index (κ3) is 2.09. The van der Waals surface area contributed by atoms with Crippen molar-refractivity contribution < 1.29 is 19.5 Å². The molecule has 2 aromatic rings. The number of carbonyl (C=O) groups is 3. The summed E-state index contributed by atoms with van der Waals surface area (Å²) in [5.41, 5.74) is 0.00339. The lowest BCUT2D eigenvalue weighted by Crippen LogP contribution is -2.32. The molecular weight excluding hydrogens is 292 g/mol. The second-order valence-corrected chi connectivity index (χ2v) is 6.59. The van der Waals surface area contributed by atoms with Crippen LogP contribution in [0, 0.1) is 5.41 Å². The van der Waals surface area contributed by atoms with E-state index in [2.05, 4.69) is 4.98 Å². The number of carboxylic acids is 1. The molecule has 0 unspecified atom stereocenters. The Hall–Kier alpha value is -2.28. The molecule has 108 valence electrons. The molecule has 0 spiro atoms. The molecule has 0 bridgehead atoms. The quantitative estimate of drug-likeness (QED) is 0.860. The summed E-state index contributed by atoms with van der Waals surface area (Å²) in [4.78, 5) is 40.6. The van der Waals surface area contributed by atoms with Crippen molar-refractivity contribution in [2.24, 2.45) is 5.41 Å². The van der Waals surface area contributed by atoms with Gasteiger partial charge in [0.25, 0.3) is 0 Å². The van der Waals surface area contributed by atoms with Crippen molar-refractivity contribution in [2.45, 2.75) is 20.3 Å². The van der Waals surface area contributed by atoms with Crippen LogP contribution in [0.4, 0.5) is 5.13 Å². The Morgan fingerprint density at radius 1 is 1.38 bits per heavy atom. The predicted octanol–water partition coefficient (Wildman–Crippen LogP) is 2.28. The van der Waals surface area contributed by atoms with Gasteiger partial charge in [0, 0.05) is 6.42 Å². The minimum Gasteiger partial charge on any atom is -0.478 e. The van der Waals surface area contributed by atoms with Gasteiger partial charge in [0.05, 0.1) is 21.2 Å². The molecule has 0 saturated carbocycles. The summed E-state index contributed by atoms with van der Waals surface area (Å²) < 4.78 is 0.634. The molecule has 1 aliphatic rings. The van der Waals surface area contributed by atoms with E-state index in [0.717, 1.165) is 16.2 Å². The molecule has 1 saturated heterocycles. The number of imide groups is 1. The van der Waals surface area contributed by atoms with Crippen molar-refractivity contribution >= 4 is 44.5 Å². The van der Waals surface area contributed by atoms with Crippen molar-refractivity contribution in [1.82, 2.24) is 4.98 Å². The number of nitrogens with zero attached hydrogens (tertiary/aromatic N) is 2. The summed E-state index contributed by atoms with van der Waals surface area (Å²) in [5, 5.41) is 9.28. The topological polar surface area (TPSA) is 87.6 Å². The molecule has 0 atom stereocenters. The van der Waals surface area contributed by atoms with Crippen LogP contribution < -0.4 is 4.90 Å². The first-order chi connectivity index (χ1) is 9.79. The Bertz CT molecular complexity index is 793. The Morgan fingerprint density at radius 3 is 2.67 bits per heavy atom. The van der Waals surface area contributed by atoms with Crippen LogP contribution in [0.15, 0.2) is 18.2 Å². The van der Waals surface area contributed by atoms with Crippen LogP contribution in [-0.2, 0) is 9.59 Å². The van der Waals surface area contributed by atoms with Crippen LogP contribution >= 0.6 is 11.3 Å². The van der Waals surface area contributed by atoms with Crippen LogP contribution in [-0.4, -0.2) is 27.9 Å². The number of hydrogen-bond donors (Lipinski definition) is 1. The Morgan fingerprint density at radius 2 is 2.10 bits per heavy atom. The number of carbonyl (C=O) groups excluding carboxylic acids is 2. The number of hydrogen-bond acceptors (Lipinski definition) is 5. The highest BCUT2D eigenvalue weighted by atomic mass is 32.1. The van der Waals surface area contributed by atoms with Gasteiger partial charge in [0.15, 0.2) is 5.13 Å². The molecule has 6 nitrogen and oxygen atoms in total. The van der Waals surface area contributed by atoms with Gasteiger partial charge in [-0.25, -0.2) is 14.7 Å². The summed E-state index contributed by atoms with van der Waals surface area (Å²) in [6.45, 7) is 3.45. The van der Waals surface area contributed by atoms with E-state index in [1.54, 1.807) is 19.9 Å². The largest absolute Gasteiger partial charge is 0.478 e. The van der Waals surface area contributed by atoms with E-state index in [1.165, 1.54) is 12.1 Å². The van der Waals surface area contributed by atoms with Gasteiger partial charge in [0.1, 0.15) is 0 Å². The molecule has 2 amide bonds. The molecule has 1 fully saturated rings. The molecule has 21 heavy (non-hydrogen) atoms.